The van der Waals surface area contributed by atoms with Crippen LogP contribution < -0.4 is 5.32 Å². The second-order valence-electron chi connectivity index (χ2n) is 8.88. The van der Waals surface area contributed by atoms with Crippen LogP contribution in [0.5, 0.6) is 5.75 Å². The summed E-state index contributed by atoms with van der Waals surface area (Å²) in [6.45, 7) is 11.0. The molecule has 4 heteroatoms. The highest BCUT2D eigenvalue weighted by Gasteiger charge is 2.39. The molecule has 1 aromatic carbocycles. The molecule has 0 amide bonds. The fourth-order valence-electron chi connectivity index (χ4n) is 4.40. The van der Waals surface area contributed by atoms with Crippen molar-refractivity contribution in [2.75, 3.05) is 0 Å². The first-order chi connectivity index (χ1) is 12.2. The number of aromatic hydroxyl groups is 1. The molecule has 26 heavy (non-hydrogen) atoms. The number of pyridine rings is 1. The SMILES string of the molecule is CC1(C)CC(N(Cc2ccncc2)Cc2ccc(O)cc2)CC(C)(C)N1. The molecular formula is C22H31N3O. The zero-order valence-electron chi connectivity index (χ0n) is 16.4. The van der Waals surface area contributed by atoms with Crippen LogP contribution in [0.2, 0.25) is 0 Å². The minimum atomic E-state index is 0.109. The maximum Gasteiger partial charge on any atom is 0.115 e. The number of piperidine rings is 1. The van der Waals surface area contributed by atoms with Gasteiger partial charge in [0.2, 0.25) is 0 Å². The fourth-order valence-corrected chi connectivity index (χ4v) is 4.40. The van der Waals surface area contributed by atoms with Gasteiger partial charge in [-0.1, -0.05) is 12.1 Å². The first-order valence-corrected chi connectivity index (χ1v) is 9.43. The highest BCUT2D eigenvalue weighted by Crippen LogP contribution is 2.33. The van der Waals surface area contributed by atoms with E-state index in [9.17, 15) is 5.11 Å². The maximum atomic E-state index is 9.58. The van der Waals surface area contributed by atoms with Crippen molar-refractivity contribution in [3.05, 3.63) is 59.9 Å². The summed E-state index contributed by atoms with van der Waals surface area (Å²) in [4.78, 5) is 6.72. The molecule has 3 rings (SSSR count). The molecule has 1 aromatic heterocycles. The fraction of sp³-hybridized carbons (Fsp3) is 0.500. The summed E-state index contributed by atoms with van der Waals surface area (Å²) in [5.74, 6) is 0.318. The molecule has 2 N–H and O–H groups in total. The van der Waals surface area contributed by atoms with E-state index in [0.29, 0.717) is 11.8 Å². The van der Waals surface area contributed by atoms with Gasteiger partial charge in [0.1, 0.15) is 5.75 Å². The monoisotopic (exact) mass is 353 g/mol. The Labute approximate surface area is 157 Å². The summed E-state index contributed by atoms with van der Waals surface area (Å²) in [6, 6.07) is 12.3. The Balaban J connectivity index is 1.85. The number of hydrogen-bond acceptors (Lipinski definition) is 4. The molecule has 140 valence electrons. The standard InChI is InChI=1S/C22H31N3O/c1-21(2)13-19(14-22(3,4)24-21)25(16-18-9-11-23-12-10-18)15-17-5-7-20(26)8-6-17/h5-12,19,24,26H,13-16H2,1-4H3. The van der Waals surface area contributed by atoms with Crippen LogP contribution in [0.25, 0.3) is 0 Å². The average molecular weight is 354 g/mol. The molecular weight excluding hydrogens is 322 g/mol. The normalized spacial score (nSPS) is 19.6. The highest BCUT2D eigenvalue weighted by atomic mass is 16.3. The Morgan fingerprint density at radius 2 is 1.42 bits per heavy atom. The molecule has 2 heterocycles. The van der Waals surface area contributed by atoms with Crippen molar-refractivity contribution in [3.63, 3.8) is 0 Å². The number of benzene rings is 1. The Bertz CT molecular complexity index is 694. The molecule has 1 saturated heterocycles. The molecule has 1 aliphatic rings. The Kier molecular flexibility index (Phi) is 5.35. The van der Waals surface area contributed by atoms with Crippen LogP contribution in [0.4, 0.5) is 0 Å². The molecule has 0 unspecified atom stereocenters. The third-order valence-corrected chi connectivity index (χ3v) is 5.14. The Hall–Kier alpha value is -1.91. The van der Waals surface area contributed by atoms with E-state index in [4.69, 9.17) is 0 Å². The van der Waals surface area contributed by atoms with Gasteiger partial charge in [-0.3, -0.25) is 9.88 Å². The number of phenolic OH excluding ortho intramolecular Hbond substituents is 1. The number of aromatic nitrogens is 1. The van der Waals surface area contributed by atoms with Crippen LogP contribution in [-0.2, 0) is 13.1 Å². The van der Waals surface area contributed by atoms with Crippen molar-refractivity contribution in [2.45, 2.75) is 70.7 Å². The van der Waals surface area contributed by atoms with Gasteiger partial charge in [-0.2, -0.15) is 0 Å². The van der Waals surface area contributed by atoms with Gasteiger partial charge in [-0.15, -0.1) is 0 Å². The van der Waals surface area contributed by atoms with Crippen LogP contribution in [0.1, 0.15) is 51.7 Å². The van der Waals surface area contributed by atoms with Crippen LogP contribution >= 0.6 is 0 Å². The highest BCUT2D eigenvalue weighted by molar-refractivity contribution is 5.26. The number of rotatable bonds is 5. The molecule has 0 atom stereocenters. The van der Waals surface area contributed by atoms with Crippen LogP contribution in [0.15, 0.2) is 48.8 Å². The second-order valence-corrected chi connectivity index (χ2v) is 8.88. The molecule has 4 nitrogen and oxygen atoms in total. The topological polar surface area (TPSA) is 48.4 Å². The summed E-state index contributed by atoms with van der Waals surface area (Å²) < 4.78 is 0. The van der Waals surface area contributed by atoms with E-state index >= 15 is 0 Å². The molecule has 1 fully saturated rings. The smallest absolute Gasteiger partial charge is 0.115 e. The number of phenols is 1. The van der Waals surface area contributed by atoms with Gasteiger partial charge < -0.3 is 10.4 Å². The predicted molar refractivity (Wildman–Crippen MR) is 106 cm³/mol. The number of nitrogens with one attached hydrogen (secondary N) is 1. The van der Waals surface area contributed by atoms with Crippen molar-refractivity contribution in [1.29, 1.82) is 0 Å². The van der Waals surface area contributed by atoms with E-state index in [2.05, 4.69) is 55.0 Å². The van der Waals surface area contributed by atoms with E-state index in [1.54, 1.807) is 12.1 Å². The van der Waals surface area contributed by atoms with Crippen molar-refractivity contribution < 1.29 is 5.11 Å². The number of hydrogen-bond donors (Lipinski definition) is 2. The van der Waals surface area contributed by atoms with E-state index in [-0.39, 0.29) is 11.1 Å². The van der Waals surface area contributed by atoms with Crippen LogP contribution in [0.3, 0.4) is 0 Å². The molecule has 0 radical (unpaired) electrons. The first kappa shape index (κ1) is 18.9. The van der Waals surface area contributed by atoms with Gasteiger partial charge in [0, 0.05) is 42.6 Å². The average Bonchev–Trinajstić information content (AvgIpc) is 2.54. The van der Waals surface area contributed by atoms with E-state index in [1.165, 1.54) is 11.1 Å². The molecule has 0 bridgehead atoms. The summed E-state index contributed by atoms with van der Waals surface area (Å²) in [7, 11) is 0. The lowest BCUT2D eigenvalue weighted by atomic mass is 9.79. The minimum absolute atomic E-state index is 0.109. The Morgan fingerprint density at radius 1 is 0.923 bits per heavy atom. The van der Waals surface area contributed by atoms with E-state index < -0.39 is 0 Å². The quantitative estimate of drug-likeness (QED) is 0.850. The summed E-state index contributed by atoms with van der Waals surface area (Å²) in [6.07, 6.45) is 5.95. The molecule has 0 aliphatic carbocycles. The third kappa shape index (κ3) is 5.05. The van der Waals surface area contributed by atoms with Gasteiger partial charge in [0.15, 0.2) is 0 Å². The minimum Gasteiger partial charge on any atom is -0.508 e. The van der Waals surface area contributed by atoms with Crippen molar-refractivity contribution in [1.82, 2.24) is 15.2 Å². The molecule has 0 spiro atoms. The van der Waals surface area contributed by atoms with Gasteiger partial charge in [-0.05, 0) is 75.9 Å². The molecule has 2 aromatic rings. The van der Waals surface area contributed by atoms with Gasteiger partial charge in [0.05, 0.1) is 0 Å². The summed E-state index contributed by atoms with van der Waals surface area (Å²) in [5.41, 5.74) is 2.73. The zero-order chi connectivity index (χ0) is 18.8. The van der Waals surface area contributed by atoms with E-state index in [1.807, 2.05) is 24.5 Å². The van der Waals surface area contributed by atoms with Crippen LogP contribution in [0, 0.1) is 0 Å². The first-order valence-electron chi connectivity index (χ1n) is 9.43. The van der Waals surface area contributed by atoms with Gasteiger partial charge in [0.25, 0.3) is 0 Å². The molecule has 1 aliphatic heterocycles. The molecule has 0 saturated carbocycles. The predicted octanol–water partition coefficient (Wildman–Crippen LogP) is 4.10. The Morgan fingerprint density at radius 3 is 1.96 bits per heavy atom. The van der Waals surface area contributed by atoms with Gasteiger partial charge >= 0.3 is 0 Å². The lowest BCUT2D eigenvalue weighted by molar-refractivity contribution is 0.0563. The number of nitrogens with zero attached hydrogens (tertiary/aromatic N) is 2. The van der Waals surface area contributed by atoms with Gasteiger partial charge in [-0.25, -0.2) is 0 Å². The van der Waals surface area contributed by atoms with Crippen molar-refractivity contribution in [2.24, 2.45) is 0 Å². The zero-order valence-corrected chi connectivity index (χ0v) is 16.4. The second kappa shape index (κ2) is 7.37. The van der Waals surface area contributed by atoms with Crippen molar-refractivity contribution >= 4 is 0 Å². The third-order valence-electron chi connectivity index (χ3n) is 5.14. The maximum absolute atomic E-state index is 9.58. The van der Waals surface area contributed by atoms with E-state index in [0.717, 1.165) is 25.9 Å². The largest absolute Gasteiger partial charge is 0.508 e. The lowest BCUT2D eigenvalue weighted by Gasteiger charge is -2.49. The summed E-state index contributed by atoms with van der Waals surface area (Å²) in [5, 5.41) is 13.4. The van der Waals surface area contributed by atoms with Crippen molar-refractivity contribution in [3.8, 4) is 5.75 Å². The summed E-state index contributed by atoms with van der Waals surface area (Å²) >= 11 is 0. The van der Waals surface area contributed by atoms with Crippen LogP contribution in [-0.4, -0.2) is 32.1 Å². The lowest BCUT2D eigenvalue weighted by Crippen LogP contribution is -2.62.